The van der Waals surface area contributed by atoms with Crippen LogP contribution in [0.25, 0.3) is 0 Å². The van der Waals surface area contributed by atoms with Crippen molar-refractivity contribution in [2.45, 2.75) is 13.5 Å². The molecule has 1 aromatic carbocycles. The molecule has 0 aliphatic heterocycles. The second-order valence-corrected chi connectivity index (χ2v) is 4.36. The highest BCUT2D eigenvalue weighted by Gasteiger charge is 2.08. The van der Waals surface area contributed by atoms with Gasteiger partial charge in [-0.05, 0) is 19.1 Å². The molecule has 0 saturated heterocycles. The molecule has 0 aliphatic rings. The Morgan fingerprint density at radius 2 is 2.15 bits per heavy atom. The van der Waals surface area contributed by atoms with E-state index in [0.29, 0.717) is 29.9 Å². The normalized spacial score (nSPS) is 10.2. The number of anilines is 1. The van der Waals surface area contributed by atoms with Crippen molar-refractivity contribution in [1.29, 1.82) is 0 Å². The second-order valence-electron chi connectivity index (χ2n) is 3.95. The smallest absolute Gasteiger partial charge is 0.218 e. The number of ether oxygens (including phenoxy) is 2. The fraction of sp³-hybridized carbons (Fsp3) is 0.286. The van der Waals surface area contributed by atoms with Crippen LogP contribution in [0.1, 0.15) is 12.5 Å². The molecule has 0 bridgehead atoms. The summed E-state index contributed by atoms with van der Waals surface area (Å²) in [5.41, 5.74) is 0.883. The van der Waals surface area contributed by atoms with Crippen LogP contribution < -0.4 is 14.8 Å². The van der Waals surface area contributed by atoms with Crippen LogP contribution in [0.4, 0.5) is 5.82 Å². The summed E-state index contributed by atoms with van der Waals surface area (Å²) in [6, 6.07) is 7.29. The molecule has 6 heteroatoms. The molecule has 0 spiro atoms. The van der Waals surface area contributed by atoms with Crippen molar-refractivity contribution in [2.75, 3.05) is 19.0 Å². The zero-order chi connectivity index (χ0) is 14.4. The third-order valence-corrected chi connectivity index (χ3v) is 3.03. The van der Waals surface area contributed by atoms with Crippen LogP contribution in [0, 0.1) is 0 Å². The number of aromatic nitrogens is 2. The van der Waals surface area contributed by atoms with Crippen molar-refractivity contribution < 1.29 is 9.47 Å². The van der Waals surface area contributed by atoms with Crippen LogP contribution in [-0.2, 0) is 6.54 Å². The Morgan fingerprint density at radius 1 is 1.30 bits per heavy atom. The van der Waals surface area contributed by atoms with E-state index in [1.165, 1.54) is 6.33 Å². The van der Waals surface area contributed by atoms with E-state index in [9.17, 15) is 0 Å². The zero-order valence-electron chi connectivity index (χ0n) is 11.4. The van der Waals surface area contributed by atoms with Gasteiger partial charge >= 0.3 is 0 Å². The SMILES string of the molecule is CCOc1cc(NCc2c(Cl)cccc2OC)ncn1. The van der Waals surface area contributed by atoms with E-state index in [4.69, 9.17) is 21.1 Å². The van der Waals surface area contributed by atoms with Gasteiger partial charge < -0.3 is 14.8 Å². The van der Waals surface area contributed by atoms with Gasteiger partial charge in [-0.25, -0.2) is 9.97 Å². The van der Waals surface area contributed by atoms with Crippen LogP contribution in [0.3, 0.4) is 0 Å². The molecule has 106 valence electrons. The number of hydrogen-bond donors (Lipinski definition) is 1. The Labute approximate surface area is 122 Å². The lowest BCUT2D eigenvalue weighted by Gasteiger charge is -2.12. The van der Waals surface area contributed by atoms with E-state index in [-0.39, 0.29) is 0 Å². The standard InChI is InChI=1S/C14H16ClN3O2/c1-3-20-14-7-13(17-9-18-14)16-8-10-11(15)5-4-6-12(10)19-2/h4-7,9H,3,8H2,1-2H3,(H,16,17,18). The third-order valence-electron chi connectivity index (χ3n) is 2.68. The van der Waals surface area contributed by atoms with Gasteiger partial charge in [0.2, 0.25) is 5.88 Å². The highest BCUT2D eigenvalue weighted by atomic mass is 35.5. The van der Waals surface area contributed by atoms with Gasteiger partial charge in [0.25, 0.3) is 0 Å². The number of rotatable bonds is 6. The molecule has 0 atom stereocenters. The minimum Gasteiger partial charge on any atom is -0.496 e. The van der Waals surface area contributed by atoms with Gasteiger partial charge in [-0.15, -0.1) is 0 Å². The van der Waals surface area contributed by atoms with Gasteiger partial charge in [0.05, 0.1) is 13.7 Å². The first kappa shape index (κ1) is 14.4. The molecule has 0 radical (unpaired) electrons. The Morgan fingerprint density at radius 3 is 2.90 bits per heavy atom. The van der Waals surface area contributed by atoms with Crippen molar-refractivity contribution in [3.05, 3.63) is 41.2 Å². The summed E-state index contributed by atoms with van der Waals surface area (Å²) in [6.45, 7) is 2.98. The quantitative estimate of drug-likeness (QED) is 0.886. The first-order chi connectivity index (χ1) is 9.74. The first-order valence-electron chi connectivity index (χ1n) is 6.24. The van der Waals surface area contributed by atoms with E-state index in [1.54, 1.807) is 13.2 Å². The van der Waals surface area contributed by atoms with Crippen molar-refractivity contribution in [1.82, 2.24) is 9.97 Å². The van der Waals surface area contributed by atoms with Crippen LogP contribution in [0.2, 0.25) is 5.02 Å². The maximum absolute atomic E-state index is 6.18. The summed E-state index contributed by atoms with van der Waals surface area (Å²) in [5.74, 6) is 1.95. The topological polar surface area (TPSA) is 56.3 Å². The van der Waals surface area contributed by atoms with Gasteiger partial charge in [0.15, 0.2) is 0 Å². The first-order valence-corrected chi connectivity index (χ1v) is 6.62. The summed E-state index contributed by atoms with van der Waals surface area (Å²) in [7, 11) is 1.62. The molecule has 1 aromatic heterocycles. The van der Waals surface area contributed by atoms with E-state index < -0.39 is 0 Å². The van der Waals surface area contributed by atoms with Gasteiger partial charge in [0.1, 0.15) is 17.9 Å². The minimum atomic E-state index is 0.505. The second kappa shape index (κ2) is 6.96. The number of benzene rings is 1. The van der Waals surface area contributed by atoms with Crippen LogP contribution in [-0.4, -0.2) is 23.7 Å². The summed E-state index contributed by atoms with van der Waals surface area (Å²) in [4.78, 5) is 8.15. The number of nitrogens with one attached hydrogen (secondary N) is 1. The molecule has 2 rings (SSSR count). The lowest BCUT2D eigenvalue weighted by atomic mass is 10.2. The molecule has 0 aliphatic carbocycles. The lowest BCUT2D eigenvalue weighted by Crippen LogP contribution is -2.05. The average Bonchev–Trinajstić information content (AvgIpc) is 2.46. The van der Waals surface area contributed by atoms with Crippen molar-refractivity contribution >= 4 is 17.4 Å². The maximum Gasteiger partial charge on any atom is 0.218 e. The van der Waals surface area contributed by atoms with Crippen molar-refractivity contribution in [2.24, 2.45) is 0 Å². The zero-order valence-corrected chi connectivity index (χ0v) is 12.1. The van der Waals surface area contributed by atoms with Gasteiger partial charge in [-0.2, -0.15) is 0 Å². The molecule has 0 unspecified atom stereocenters. The lowest BCUT2D eigenvalue weighted by molar-refractivity contribution is 0.326. The summed E-state index contributed by atoms with van der Waals surface area (Å²) in [6.07, 6.45) is 1.46. The highest BCUT2D eigenvalue weighted by molar-refractivity contribution is 6.31. The fourth-order valence-corrected chi connectivity index (χ4v) is 1.98. The molecular weight excluding hydrogens is 278 g/mol. The van der Waals surface area contributed by atoms with Crippen LogP contribution in [0.5, 0.6) is 11.6 Å². The molecular formula is C14H16ClN3O2. The molecule has 0 fully saturated rings. The predicted molar refractivity (Wildman–Crippen MR) is 78.5 cm³/mol. The highest BCUT2D eigenvalue weighted by Crippen LogP contribution is 2.27. The molecule has 5 nitrogen and oxygen atoms in total. The molecule has 1 N–H and O–H groups in total. The minimum absolute atomic E-state index is 0.505. The number of methoxy groups -OCH3 is 1. The molecule has 1 heterocycles. The van der Waals surface area contributed by atoms with Crippen LogP contribution in [0.15, 0.2) is 30.6 Å². The summed E-state index contributed by atoms with van der Waals surface area (Å²) in [5, 5.41) is 3.83. The van der Waals surface area contributed by atoms with E-state index in [0.717, 1.165) is 11.3 Å². The molecule has 0 saturated carbocycles. The maximum atomic E-state index is 6.18. The van der Waals surface area contributed by atoms with Gasteiger partial charge in [-0.3, -0.25) is 0 Å². The van der Waals surface area contributed by atoms with E-state index in [1.807, 2.05) is 25.1 Å². The number of halogens is 1. The fourth-order valence-electron chi connectivity index (χ4n) is 1.74. The van der Waals surface area contributed by atoms with E-state index >= 15 is 0 Å². The van der Waals surface area contributed by atoms with Gasteiger partial charge in [-0.1, -0.05) is 17.7 Å². The van der Waals surface area contributed by atoms with Crippen molar-refractivity contribution in [3.8, 4) is 11.6 Å². The largest absolute Gasteiger partial charge is 0.496 e. The predicted octanol–water partition coefficient (Wildman–Crippen LogP) is 3.15. The molecule has 20 heavy (non-hydrogen) atoms. The summed E-state index contributed by atoms with van der Waals surface area (Å²) >= 11 is 6.18. The summed E-state index contributed by atoms with van der Waals surface area (Å²) < 4.78 is 10.6. The number of nitrogens with zero attached hydrogens (tertiary/aromatic N) is 2. The third kappa shape index (κ3) is 3.51. The van der Waals surface area contributed by atoms with E-state index in [2.05, 4.69) is 15.3 Å². The monoisotopic (exact) mass is 293 g/mol. The van der Waals surface area contributed by atoms with Crippen LogP contribution >= 0.6 is 11.6 Å². The average molecular weight is 294 g/mol. The van der Waals surface area contributed by atoms with Crippen molar-refractivity contribution in [3.63, 3.8) is 0 Å². The Bertz CT molecular complexity index is 578. The van der Waals surface area contributed by atoms with Gasteiger partial charge in [0, 0.05) is 23.2 Å². The number of hydrogen-bond acceptors (Lipinski definition) is 5. The Kier molecular flexibility index (Phi) is 5.01. The Balaban J connectivity index is 2.10. The Hall–Kier alpha value is -2.01. The molecule has 0 amide bonds. The molecule has 2 aromatic rings.